The maximum Gasteiger partial charge on any atom is 0.250 e. The van der Waals surface area contributed by atoms with Crippen LogP contribution >= 0.6 is 0 Å². The number of nitrogens with zero attached hydrogens (tertiary/aromatic N) is 5. The average molecular weight is 472 g/mol. The van der Waals surface area contributed by atoms with E-state index in [1.807, 2.05) is 35.2 Å². The molecule has 1 amide bonds. The Bertz CT molecular complexity index is 1300. The first-order chi connectivity index (χ1) is 17.1. The zero-order chi connectivity index (χ0) is 24.2. The minimum atomic E-state index is -0.287. The number of halogens is 1. The highest BCUT2D eigenvalue weighted by molar-refractivity contribution is 5.79. The van der Waals surface area contributed by atoms with Gasteiger partial charge in [-0.15, -0.1) is 0 Å². The molecule has 0 bridgehead atoms. The normalized spacial score (nSPS) is 14.2. The number of benzene rings is 2. The molecule has 0 aliphatic carbocycles. The molecule has 0 atom stereocenters. The van der Waals surface area contributed by atoms with Gasteiger partial charge in [0.1, 0.15) is 11.6 Å². The van der Waals surface area contributed by atoms with Crippen molar-refractivity contribution in [3.8, 4) is 23.0 Å². The Morgan fingerprint density at radius 1 is 1.03 bits per heavy atom. The third kappa shape index (κ3) is 4.91. The predicted molar refractivity (Wildman–Crippen MR) is 130 cm³/mol. The van der Waals surface area contributed by atoms with Crippen molar-refractivity contribution in [3.05, 3.63) is 90.1 Å². The lowest BCUT2D eigenvalue weighted by Gasteiger charge is -2.32. The number of amides is 1. The second-order valence-electron chi connectivity index (χ2n) is 8.57. The van der Waals surface area contributed by atoms with Gasteiger partial charge in [0.05, 0.1) is 24.9 Å². The van der Waals surface area contributed by atoms with Crippen LogP contribution in [0.1, 0.15) is 30.0 Å². The number of ether oxygens (including phenoxy) is 1. The van der Waals surface area contributed by atoms with E-state index in [0.717, 1.165) is 41.1 Å². The maximum absolute atomic E-state index is 13.4. The van der Waals surface area contributed by atoms with Crippen molar-refractivity contribution < 1.29 is 13.9 Å². The molecule has 4 aromatic rings. The van der Waals surface area contributed by atoms with E-state index in [-0.39, 0.29) is 17.6 Å². The maximum atomic E-state index is 13.4. The van der Waals surface area contributed by atoms with Crippen LogP contribution in [0.5, 0.6) is 5.75 Å². The summed E-state index contributed by atoms with van der Waals surface area (Å²) in [5.41, 5.74) is 3.45. The van der Waals surface area contributed by atoms with Crippen LogP contribution in [0, 0.1) is 5.82 Å². The molecule has 3 heterocycles. The lowest BCUT2D eigenvalue weighted by molar-refractivity contribution is -0.131. The molecular weight excluding hydrogens is 445 g/mol. The number of rotatable bonds is 6. The molecule has 0 unspecified atom stereocenters. The molecular formula is C27H26FN5O2. The Labute approximate surface area is 203 Å². The number of methoxy groups -OCH3 is 1. The van der Waals surface area contributed by atoms with Crippen molar-refractivity contribution >= 4 is 5.91 Å². The van der Waals surface area contributed by atoms with Gasteiger partial charge in [0, 0.05) is 42.5 Å². The van der Waals surface area contributed by atoms with Crippen LogP contribution in [-0.4, -0.2) is 50.8 Å². The number of carbonyl (C=O) groups excluding carboxylic acids is 1. The van der Waals surface area contributed by atoms with E-state index in [0.29, 0.717) is 25.5 Å². The summed E-state index contributed by atoms with van der Waals surface area (Å²) in [5, 5.41) is 4.76. The first-order valence-corrected chi connectivity index (χ1v) is 11.7. The number of carbonyl (C=O) groups is 1. The number of piperidine rings is 1. The van der Waals surface area contributed by atoms with Crippen molar-refractivity contribution in [1.29, 1.82) is 0 Å². The van der Waals surface area contributed by atoms with Crippen molar-refractivity contribution in [2.24, 2.45) is 0 Å². The van der Waals surface area contributed by atoms with Crippen molar-refractivity contribution in [2.45, 2.75) is 25.2 Å². The smallest absolute Gasteiger partial charge is 0.250 e. The van der Waals surface area contributed by atoms with Crippen LogP contribution < -0.4 is 4.74 Å². The van der Waals surface area contributed by atoms with Gasteiger partial charge in [-0.1, -0.05) is 18.2 Å². The number of likely N-dealkylation sites (tertiary alicyclic amines) is 1. The quantitative estimate of drug-likeness (QED) is 0.416. The van der Waals surface area contributed by atoms with Crippen LogP contribution in [-0.2, 0) is 11.2 Å². The zero-order valence-corrected chi connectivity index (χ0v) is 19.5. The van der Waals surface area contributed by atoms with E-state index in [1.54, 1.807) is 42.4 Å². The summed E-state index contributed by atoms with van der Waals surface area (Å²) in [5.74, 6) is 1.22. The second kappa shape index (κ2) is 10.0. The fraction of sp³-hybridized carbons (Fsp3) is 0.259. The molecule has 8 heteroatoms. The molecule has 1 aliphatic rings. The zero-order valence-electron chi connectivity index (χ0n) is 19.5. The molecule has 0 saturated carbocycles. The SMILES string of the molecule is COc1ccccc1CC(=O)N1CCC(c2cc(-c3ccc(F)cc3)nn2-c2ncccn2)CC1. The number of hydrogen-bond donors (Lipinski definition) is 0. The minimum absolute atomic E-state index is 0.0971. The molecule has 1 fully saturated rings. The van der Waals surface area contributed by atoms with Crippen LogP contribution in [0.15, 0.2) is 73.1 Å². The minimum Gasteiger partial charge on any atom is -0.496 e. The van der Waals surface area contributed by atoms with Gasteiger partial charge in [-0.05, 0) is 55.3 Å². The Kier molecular flexibility index (Phi) is 6.52. The van der Waals surface area contributed by atoms with Gasteiger partial charge < -0.3 is 9.64 Å². The Balaban J connectivity index is 1.35. The molecule has 0 radical (unpaired) electrons. The molecule has 2 aromatic carbocycles. The number of aromatic nitrogens is 4. The molecule has 0 spiro atoms. The summed E-state index contributed by atoms with van der Waals surface area (Å²) in [6.45, 7) is 1.32. The van der Waals surface area contributed by atoms with E-state index in [4.69, 9.17) is 9.84 Å². The first-order valence-electron chi connectivity index (χ1n) is 11.7. The monoisotopic (exact) mass is 471 g/mol. The summed E-state index contributed by atoms with van der Waals surface area (Å²) in [4.78, 5) is 23.7. The highest BCUT2D eigenvalue weighted by atomic mass is 19.1. The summed E-state index contributed by atoms with van der Waals surface area (Å²) in [6, 6.07) is 17.7. The third-order valence-corrected chi connectivity index (χ3v) is 6.42. The van der Waals surface area contributed by atoms with Crippen LogP contribution in [0.3, 0.4) is 0 Å². The van der Waals surface area contributed by atoms with Gasteiger partial charge in [0.25, 0.3) is 5.95 Å². The van der Waals surface area contributed by atoms with Crippen molar-refractivity contribution in [2.75, 3.05) is 20.2 Å². The van der Waals surface area contributed by atoms with E-state index < -0.39 is 0 Å². The molecule has 1 saturated heterocycles. The van der Waals surface area contributed by atoms with Crippen molar-refractivity contribution in [3.63, 3.8) is 0 Å². The summed E-state index contributed by atoms with van der Waals surface area (Å²) in [7, 11) is 1.62. The van der Waals surface area contributed by atoms with Crippen LogP contribution in [0.4, 0.5) is 4.39 Å². The van der Waals surface area contributed by atoms with Gasteiger partial charge in [-0.2, -0.15) is 5.10 Å². The molecule has 7 nitrogen and oxygen atoms in total. The molecule has 1 aliphatic heterocycles. The highest BCUT2D eigenvalue weighted by Crippen LogP contribution is 2.32. The Morgan fingerprint density at radius 3 is 2.46 bits per heavy atom. The summed E-state index contributed by atoms with van der Waals surface area (Å²) in [6.07, 6.45) is 5.30. The first kappa shape index (κ1) is 22.7. The van der Waals surface area contributed by atoms with Gasteiger partial charge in [0.2, 0.25) is 5.91 Å². The second-order valence-corrected chi connectivity index (χ2v) is 8.57. The molecule has 5 rings (SSSR count). The van der Waals surface area contributed by atoms with E-state index in [2.05, 4.69) is 9.97 Å². The largest absolute Gasteiger partial charge is 0.496 e. The summed E-state index contributed by atoms with van der Waals surface area (Å²) >= 11 is 0. The van der Waals surface area contributed by atoms with E-state index >= 15 is 0 Å². The topological polar surface area (TPSA) is 73.1 Å². The average Bonchev–Trinajstić information content (AvgIpc) is 3.35. The molecule has 178 valence electrons. The van der Waals surface area contributed by atoms with Gasteiger partial charge in [0.15, 0.2) is 0 Å². The fourth-order valence-electron chi connectivity index (χ4n) is 4.56. The van der Waals surface area contributed by atoms with E-state index in [1.165, 1.54) is 12.1 Å². The van der Waals surface area contributed by atoms with Gasteiger partial charge in [-0.25, -0.2) is 19.0 Å². The molecule has 35 heavy (non-hydrogen) atoms. The number of hydrogen-bond acceptors (Lipinski definition) is 5. The lowest BCUT2D eigenvalue weighted by atomic mass is 9.92. The third-order valence-electron chi connectivity index (χ3n) is 6.42. The molecule has 2 aromatic heterocycles. The van der Waals surface area contributed by atoms with Gasteiger partial charge in [-0.3, -0.25) is 4.79 Å². The predicted octanol–water partition coefficient (Wildman–Crippen LogP) is 4.43. The van der Waals surface area contributed by atoms with Gasteiger partial charge >= 0.3 is 0 Å². The molecule has 0 N–H and O–H groups in total. The number of para-hydroxylation sites is 1. The lowest BCUT2D eigenvalue weighted by Crippen LogP contribution is -2.39. The van der Waals surface area contributed by atoms with E-state index in [9.17, 15) is 9.18 Å². The van der Waals surface area contributed by atoms with Crippen LogP contribution in [0.2, 0.25) is 0 Å². The van der Waals surface area contributed by atoms with Crippen molar-refractivity contribution in [1.82, 2.24) is 24.6 Å². The standard InChI is InChI=1S/C27H26FN5O2/c1-35-25-6-3-2-5-21(25)17-26(34)32-15-11-20(12-16-32)24-18-23(19-7-9-22(28)10-8-19)31-33(24)27-29-13-4-14-30-27/h2-10,13-14,18,20H,11-12,15-17H2,1H3. The fourth-order valence-corrected chi connectivity index (χ4v) is 4.56. The Morgan fingerprint density at radius 2 is 1.74 bits per heavy atom. The summed E-state index contributed by atoms with van der Waals surface area (Å²) < 4.78 is 20.6. The van der Waals surface area contributed by atoms with Crippen LogP contribution in [0.25, 0.3) is 17.2 Å². The Hall–Kier alpha value is -4.07. The highest BCUT2D eigenvalue weighted by Gasteiger charge is 2.28.